The Kier molecular flexibility index (Phi) is 3.05. The van der Waals surface area contributed by atoms with E-state index in [4.69, 9.17) is 5.73 Å². The summed E-state index contributed by atoms with van der Waals surface area (Å²) in [4.78, 5) is 3.51. The number of alkyl halides is 3. The Morgan fingerprint density at radius 3 is 2.53 bits per heavy atom. The average Bonchev–Trinajstić information content (AvgIpc) is 2.62. The molecule has 0 aliphatic carbocycles. The van der Waals surface area contributed by atoms with E-state index in [0.717, 1.165) is 0 Å². The fraction of sp³-hybridized carbons (Fsp3) is 0.625. The molecule has 4 nitrogen and oxygen atoms in total. The molecule has 0 aliphatic heterocycles. The van der Waals surface area contributed by atoms with Gasteiger partial charge in [0.1, 0.15) is 0 Å². The first-order valence-corrected chi connectivity index (χ1v) is 4.37. The van der Waals surface area contributed by atoms with E-state index in [9.17, 15) is 18.3 Å². The molecule has 0 aliphatic rings. The van der Waals surface area contributed by atoms with Gasteiger partial charge in [0.15, 0.2) is 5.82 Å². The topological polar surface area (TPSA) is 64.1 Å². The summed E-state index contributed by atoms with van der Waals surface area (Å²) < 4.78 is 39.0. The van der Waals surface area contributed by atoms with E-state index in [1.54, 1.807) is 6.92 Å². The third kappa shape index (κ3) is 1.84. The number of aromatic nitrogens is 2. The Balaban J connectivity index is 3.23. The number of aryl methyl sites for hydroxylation is 1. The van der Waals surface area contributed by atoms with Crippen LogP contribution in [0.25, 0.3) is 0 Å². The Morgan fingerprint density at radius 1 is 1.53 bits per heavy atom. The van der Waals surface area contributed by atoms with E-state index in [1.807, 2.05) is 0 Å². The maximum Gasteiger partial charge on any atom is 0.425 e. The van der Waals surface area contributed by atoms with Crippen LogP contribution in [0.15, 0.2) is 12.4 Å². The number of nitrogens with two attached hydrogens (primary N) is 1. The lowest BCUT2D eigenvalue weighted by molar-refractivity contribution is -0.265. The lowest BCUT2D eigenvalue weighted by Crippen LogP contribution is -2.50. The number of rotatable bonds is 3. The van der Waals surface area contributed by atoms with Crippen molar-refractivity contribution in [2.45, 2.75) is 25.2 Å². The zero-order chi connectivity index (χ0) is 11.7. The standard InChI is InChI=1S/C8H12F3N3O/c1-2-14-4-3-13-6(14)7(15,5-12)8(9,10)11/h3-4,15H,2,5,12H2,1H3. The highest BCUT2D eigenvalue weighted by atomic mass is 19.4. The van der Waals surface area contributed by atoms with Gasteiger partial charge in [-0.2, -0.15) is 13.2 Å². The molecular formula is C8H12F3N3O. The van der Waals surface area contributed by atoms with Gasteiger partial charge in [0.05, 0.1) is 0 Å². The summed E-state index contributed by atoms with van der Waals surface area (Å²) >= 11 is 0. The largest absolute Gasteiger partial charge is 0.425 e. The van der Waals surface area contributed by atoms with Crippen LogP contribution in [0, 0.1) is 0 Å². The Morgan fingerprint density at radius 2 is 2.13 bits per heavy atom. The van der Waals surface area contributed by atoms with Crippen LogP contribution in [0.4, 0.5) is 13.2 Å². The van der Waals surface area contributed by atoms with Crippen molar-refractivity contribution < 1.29 is 18.3 Å². The zero-order valence-corrected chi connectivity index (χ0v) is 8.12. The second kappa shape index (κ2) is 3.82. The van der Waals surface area contributed by atoms with Crippen LogP contribution >= 0.6 is 0 Å². The molecule has 0 saturated heterocycles. The third-order valence-corrected chi connectivity index (χ3v) is 2.19. The van der Waals surface area contributed by atoms with Crippen molar-refractivity contribution in [3.63, 3.8) is 0 Å². The summed E-state index contributed by atoms with van der Waals surface area (Å²) in [6.07, 6.45) is -2.27. The molecule has 1 heterocycles. The van der Waals surface area contributed by atoms with Crippen molar-refractivity contribution in [2.75, 3.05) is 6.54 Å². The number of aliphatic hydroxyl groups is 1. The average molecular weight is 223 g/mol. The molecule has 1 aromatic heterocycles. The maximum atomic E-state index is 12.6. The lowest BCUT2D eigenvalue weighted by atomic mass is 10.0. The summed E-state index contributed by atoms with van der Waals surface area (Å²) in [7, 11) is 0. The van der Waals surface area contributed by atoms with Crippen LogP contribution < -0.4 is 5.73 Å². The van der Waals surface area contributed by atoms with E-state index in [2.05, 4.69) is 4.98 Å². The van der Waals surface area contributed by atoms with Crippen molar-refractivity contribution in [2.24, 2.45) is 5.73 Å². The predicted molar refractivity (Wildman–Crippen MR) is 46.9 cm³/mol. The van der Waals surface area contributed by atoms with E-state index in [-0.39, 0.29) is 6.54 Å². The van der Waals surface area contributed by atoms with Gasteiger partial charge >= 0.3 is 6.18 Å². The van der Waals surface area contributed by atoms with Crippen molar-refractivity contribution in [1.29, 1.82) is 0 Å². The Labute approximate surface area is 84.5 Å². The van der Waals surface area contributed by atoms with Crippen molar-refractivity contribution >= 4 is 0 Å². The Bertz CT molecular complexity index is 336. The molecule has 1 atom stereocenters. The molecule has 0 aromatic carbocycles. The van der Waals surface area contributed by atoms with Gasteiger partial charge in [0.25, 0.3) is 0 Å². The van der Waals surface area contributed by atoms with Gasteiger partial charge in [0.2, 0.25) is 5.60 Å². The van der Waals surface area contributed by atoms with E-state index >= 15 is 0 Å². The molecule has 1 aromatic rings. The molecule has 3 N–H and O–H groups in total. The van der Waals surface area contributed by atoms with Crippen LogP contribution in [0.1, 0.15) is 12.7 Å². The molecule has 0 fully saturated rings. The summed E-state index contributed by atoms with van der Waals surface area (Å²) in [6.45, 7) is 0.986. The highest BCUT2D eigenvalue weighted by Gasteiger charge is 2.56. The van der Waals surface area contributed by atoms with Crippen LogP contribution in [0.3, 0.4) is 0 Å². The van der Waals surface area contributed by atoms with Crippen LogP contribution in [-0.2, 0) is 12.1 Å². The van der Waals surface area contributed by atoms with Gasteiger partial charge in [-0.05, 0) is 6.92 Å². The van der Waals surface area contributed by atoms with Crippen molar-refractivity contribution in [1.82, 2.24) is 9.55 Å². The van der Waals surface area contributed by atoms with Gasteiger partial charge in [-0.1, -0.05) is 0 Å². The number of imidazole rings is 1. The van der Waals surface area contributed by atoms with Crippen LogP contribution in [-0.4, -0.2) is 27.4 Å². The molecule has 1 unspecified atom stereocenters. The van der Waals surface area contributed by atoms with Gasteiger partial charge in [-0.25, -0.2) is 4.98 Å². The molecule has 0 bridgehead atoms. The van der Waals surface area contributed by atoms with Gasteiger partial charge in [-0.15, -0.1) is 0 Å². The van der Waals surface area contributed by atoms with Crippen LogP contribution in [0.2, 0.25) is 0 Å². The van der Waals surface area contributed by atoms with Gasteiger partial charge < -0.3 is 15.4 Å². The minimum absolute atomic E-state index is 0.285. The highest BCUT2D eigenvalue weighted by Crippen LogP contribution is 2.37. The first-order chi connectivity index (χ1) is 6.86. The predicted octanol–water partition coefficient (Wildman–Crippen LogP) is 0.612. The second-order valence-electron chi connectivity index (χ2n) is 3.10. The quantitative estimate of drug-likeness (QED) is 0.789. The van der Waals surface area contributed by atoms with Crippen LogP contribution in [0.5, 0.6) is 0 Å². The summed E-state index contributed by atoms with van der Waals surface area (Å²) in [6, 6.07) is 0. The first-order valence-electron chi connectivity index (χ1n) is 4.37. The van der Waals surface area contributed by atoms with Crippen molar-refractivity contribution in [3.05, 3.63) is 18.2 Å². The highest BCUT2D eigenvalue weighted by molar-refractivity contribution is 5.09. The minimum Gasteiger partial charge on any atom is -0.373 e. The number of hydrogen-bond acceptors (Lipinski definition) is 3. The molecule has 0 radical (unpaired) electrons. The summed E-state index contributed by atoms with van der Waals surface area (Å²) in [5.74, 6) is -0.472. The molecule has 7 heteroatoms. The first kappa shape index (κ1) is 12.0. The molecule has 15 heavy (non-hydrogen) atoms. The fourth-order valence-electron chi connectivity index (χ4n) is 1.26. The number of hydrogen-bond donors (Lipinski definition) is 2. The lowest BCUT2D eigenvalue weighted by Gasteiger charge is -2.28. The fourth-order valence-corrected chi connectivity index (χ4v) is 1.26. The smallest absolute Gasteiger partial charge is 0.373 e. The maximum absolute atomic E-state index is 12.6. The molecule has 0 amide bonds. The molecule has 0 spiro atoms. The summed E-state index contributed by atoms with van der Waals surface area (Å²) in [5.41, 5.74) is 1.91. The van der Waals surface area contributed by atoms with E-state index < -0.39 is 24.1 Å². The Hall–Kier alpha value is -1.08. The molecule has 86 valence electrons. The third-order valence-electron chi connectivity index (χ3n) is 2.19. The van der Waals surface area contributed by atoms with Crippen molar-refractivity contribution in [3.8, 4) is 0 Å². The van der Waals surface area contributed by atoms with Gasteiger partial charge in [0, 0.05) is 25.5 Å². The van der Waals surface area contributed by atoms with Gasteiger partial charge in [-0.3, -0.25) is 0 Å². The van der Waals surface area contributed by atoms with E-state index in [1.165, 1.54) is 17.0 Å². The second-order valence-corrected chi connectivity index (χ2v) is 3.10. The summed E-state index contributed by atoms with van der Waals surface area (Å²) in [5, 5.41) is 9.50. The normalized spacial score (nSPS) is 16.4. The zero-order valence-electron chi connectivity index (χ0n) is 8.12. The van der Waals surface area contributed by atoms with E-state index in [0.29, 0.717) is 0 Å². The number of nitrogens with zero attached hydrogens (tertiary/aromatic N) is 2. The SMILES string of the molecule is CCn1ccnc1C(O)(CN)C(F)(F)F. The number of halogens is 3. The molecular weight excluding hydrogens is 211 g/mol. The molecule has 0 saturated carbocycles. The monoisotopic (exact) mass is 223 g/mol. The molecule has 1 rings (SSSR count). The minimum atomic E-state index is -4.83.